The highest BCUT2D eigenvalue weighted by atomic mass is 16.1. The van der Waals surface area contributed by atoms with Crippen LogP contribution in [0.5, 0.6) is 0 Å². The van der Waals surface area contributed by atoms with Crippen LogP contribution in [0.1, 0.15) is 37.9 Å². The van der Waals surface area contributed by atoms with E-state index in [1.807, 2.05) is 17.8 Å². The van der Waals surface area contributed by atoms with Gasteiger partial charge in [0, 0.05) is 25.7 Å². The third-order valence-electron chi connectivity index (χ3n) is 2.60. The summed E-state index contributed by atoms with van der Waals surface area (Å²) in [5.41, 5.74) is 6.22. The summed E-state index contributed by atoms with van der Waals surface area (Å²) >= 11 is 0. The molecule has 1 atom stereocenters. The zero-order valence-electron chi connectivity index (χ0n) is 9.94. The lowest BCUT2D eigenvalue weighted by atomic mass is 10.2. The molecule has 0 aliphatic rings. The Morgan fingerprint density at radius 3 is 2.94 bits per heavy atom. The van der Waals surface area contributed by atoms with E-state index in [1.165, 1.54) is 0 Å². The van der Waals surface area contributed by atoms with E-state index in [-0.39, 0.29) is 11.9 Å². The van der Waals surface area contributed by atoms with Crippen molar-refractivity contribution in [2.24, 2.45) is 12.8 Å². The van der Waals surface area contributed by atoms with Crippen molar-refractivity contribution >= 4 is 5.91 Å². The molecule has 0 radical (unpaired) electrons. The number of nitrogens with zero attached hydrogens (tertiary/aromatic N) is 2. The highest BCUT2D eigenvalue weighted by Gasteiger charge is 2.07. The highest BCUT2D eigenvalue weighted by molar-refractivity contribution is 5.73. The Balaban J connectivity index is 2.18. The van der Waals surface area contributed by atoms with Gasteiger partial charge in [0.1, 0.15) is 0 Å². The van der Waals surface area contributed by atoms with Crippen LogP contribution in [-0.2, 0) is 11.8 Å². The average molecular weight is 224 g/mol. The Kier molecular flexibility index (Phi) is 4.98. The molecule has 3 N–H and O–H groups in total. The molecule has 0 spiro atoms. The molecule has 1 amide bonds. The summed E-state index contributed by atoms with van der Waals surface area (Å²) < 4.78 is 1.86. The number of hydrogen-bond donors (Lipinski definition) is 2. The number of primary amides is 1. The second kappa shape index (κ2) is 6.27. The molecule has 1 heterocycles. The van der Waals surface area contributed by atoms with Crippen LogP contribution in [0.3, 0.4) is 0 Å². The lowest BCUT2D eigenvalue weighted by molar-refractivity contribution is -0.118. The number of carbonyl (C=O) groups is 1. The number of aryl methyl sites for hydroxylation is 1. The Morgan fingerprint density at radius 1 is 1.62 bits per heavy atom. The van der Waals surface area contributed by atoms with Crippen LogP contribution in [0.15, 0.2) is 12.3 Å². The molecule has 5 heteroatoms. The van der Waals surface area contributed by atoms with Crippen LogP contribution in [0, 0.1) is 0 Å². The zero-order valence-corrected chi connectivity index (χ0v) is 9.94. The van der Waals surface area contributed by atoms with Crippen molar-refractivity contribution in [3.63, 3.8) is 0 Å². The zero-order chi connectivity index (χ0) is 12.0. The van der Waals surface area contributed by atoms with E-state index in [2.05, 4.69) is 17.3 Å². The smallest absolute Gasteiger partial charge is 0.217 e. The molecule has 0 aromatic carbocycles. The van der Waals surface area contributed by atoms with Gasteiger partial charge in [0.2, 0.25) is 5.91 Å². The third-order valence-corrected chi connectivity index (χ3v) is 2.60. The Hall–Kier alpha value is -1.36. The fraction of sp³-hybridized carbons (Fsp3) is 0.636. The van der Waals surface area contributed by atoms with Crippen LogP contribution in [0.2, 0.25) is 0 Å². The molecule has 0 fully saturated rings. The van der Waals surface area contributed by atoms with Crippen molar-refractivity contribution < 1.29 is 4.79 Å². The molecule has 16 heavy (non-hydrogen) atoms. The molecule has 0 aliphatic carbocycles. The highest BCUT2D eigenvalue weighted by Crippen LogP contribution is 2.09. The number of hydrogen-bond acceptors (Lipinski definition) is 3. The minimum Gasteiger partial charge on any atom is -0.370 e. The number of nitrogens with one attached hydrogen (secondary N) is 1. The van der Waals surface area contributed by atoms with Gasteiger partial charge >= 0.3 is 0 Å². The van der Waals surface area contributed by atoms with Crippen LogP contribution in [0.25, 0.3) is 0 Å². The third kappa shape index (κ3) is 4.02. The summed E-state index contributed by atoms with van der Waals surface area (Å²) in [6.07, 6.45) is 4.08. The predicted molar refractivity (Wildman–Crippen MR) is 62.7 cm³/mol. The molecular weight excluding hydrogens is 204 g/mol. The van der Waals surface area contributed by atoms with Gasteiger partial charge in [-0.05, 0) is 32.4 Å². The van der Waals surface area contributed by atoms with Crippen LogP contribution >= 0.6 is 0 Å². The van der Waals surface area contributed by atoms with Crippen molar-refractivity contribution in [3.8, 4) is 0 Å². The summed E-state index contributed by atoms with van der Waals surface area (Å²) in [7, 11) is 1.93. The minimum absolute atomic E-state index is 0.223. The summed E-state index contributed by atoms with van der Waals surface area (Å²) in [6, 6.07) is 2.28. The topological polar surface area (TPSA) is 72.9 Å². The molecule has 1 aromatic rings. The normalized spacial score (nSPS) is 12.6. The summed E-state index contributed by atoms with van der Waals surface area (Å²) in [4.78, 5) is 10.5. The second-order valence-corrected chi connectivity index (χ2v) is 3.98. The maximum absolute atomic E-state index is 10.5. The lowest BCUT2D eigenvalue weighted by Crippen LogP contribution is -2.22. The standard InChI is InChI=1S/C11H20N4O/c1-9(10-6-8-14-15(10)2)13-7-4-3-5-11(12)16/h6,8-9,13H,3-5,7H2,1-2H3,(H2,12,16). The molecule has 90 valence electrons. The van der Waals surface area contributed by atoms with Crippen molar-refractivity contribution in [3.05, 3.63) is 18.0 Å². The molecule has 1 unspecified atom stereocenters. The molecule has 0 aliphatic heterocycles. The number of unbranched alkanes of at least 4 members (excludes halogenated alkanes) is 1. The van der Waals surface area contributed by atoms with E-state index in [9.17, 15) is 4.79 Å². The van der Waals surface area contributed by atoms with Crippen molar-refractivity contribution in [1.82, 2.24) is 15.1 Å². The van der Waals surface area contributed by atoms with Crippen LogP contribution < -0.4 is 11.1 Å². The van der Waals surface area contributed by atoms with Gasteiger partial charge in [0.15, 0.2) is 0 Å². The van der Waals surface area contributed by atoms with Crippen molar-refractivity contribution in [1.29, 1.82) is 0 Å². The Morgan fingerprint density at radius 2 is 2.38 bits per heavy atom. The maximum Gasteiger partial charge on any atom is 0.217 e. The van der Waals surface area contributed by atoms with Crippen LogP contribution in [0.4, 0.5) is 0 Å². The average Bonchev–Trinajstić information content (AvgIpc) is 2.63. The summed E-state index contributed by atoms with van der Waals surface area (Å²) in [6.45, 7) is 2.99. The monoisotopic (exact) mass is 224 g/mol. The first-order valence-electron chi connectivity index (χ1n) is 5.61. The van der Waals surface area contributed by atoms with Gasteiger partial charge in [-0.25, -0.2) is 0 Å². The first-order valence-corrected chi connectivity index (χ1v) is 5.61. The van der Waals surface area contributed by atoms with Gasteiger partial charge < -0.3 is 11.1 Å². The Labute approximate surface area is 96.0 Å². The summed E-state index contributed by atoms with van der Waals surface area (Å²) in [5.74, 6) is -0.223. The number of rotatable bonds is 7. The van der Waals surface area contributed by atoms with E-state index < -0.39 is 0 Å². The number of nitrogens with two attached hydrogens (primary N) is 1. The van der Waals surface area contributed by atoms with E-state index >= 15 is 0 Å². The first-order chi connectivity index (χ1) is 7.61. The van der Waals surface area contributed by atoms with Crippen LogP contribution in [-0.4, -0.2) is 22.2 Å². The quantitative estimate of drug-likeness (QED) is 0.670. The van der Waals surface area contributed by atoms with E-state index in [0.29, 0.717) is 6.42 Å². The number of aromatic nitrogens is 2. The molecule has 1 aromatic heterocycles. The van der Waals surface area contributed by atoms with Gasteiger partial charge in [-0.1, -0.05) is 0 Å². The van der Waals surface area contributed by atoms with E-state index in [4.69, 9.17) is 5.73 Å². The Bertz CT molecular complexity index is 334. The van der Waals surface area contributed by atoms with E-state index in [1.54, 1.807) is 6.20 Å². The van der Waals surface area contributed by atoms with Gasteiger partial charge in [0.05, 0.1) is 5.69 Å². The SMILES string of the molecule is CC(NCCCCC(N)=O)c1ccnn1C. The fourth-order valence-electron chi connectivity index (χ4n) is 1.66. The second-order valence-electron chi connectivity index (χ2n) is 3.98. The van der Waals surface area contributed by atoms with E-state index in [0.717, 1.165) is 25.1 Å². The lowest BCUT2D eigenvalue weighted by Gasteiger charge is -2.13. The molecular formula is C11H20N4O. The first kappa shape index (κ1) is 12.7. The minimum atomic E-state index is -0.223. The molecule has 0 saturated heterocycles. The maximum atomic E-state index is 10.5. The molecule has 0 bridgehead atoms. The van der Waals surface area contributed by atoms with Gasteiger partial charge in [-0.3, -0.25) is 9.48 Å². The molecule has 5 nitrogen and oxygen atoms in total. The number of amides is 1. The molecule has 0 saturated carbocycles. The van der Waals surface area contributed by atoms with Crippen molar-refractivity contribution in [2.45, 2.75) is 32.2 Å². The van der Waals surface area contributed by atoms with Gasteiger partial charge in [0.25, 0.3) is 0 Å². The number of carbonyl (C=O) groups excluding carboxylic acids is 1. The predicted octanol–water partition coefficient (Wildman–Crippen LogP) is 0.726. The van der Waals surface area contributed by atoms with Gasteiger partial charge in [-0.15, -0.1) is 0 Å². The fourth-order valence-corrected chi connectivity index (χ4v) is 1.66. The summed E-state index contributed by atoms with van der Waals surface area (Å²) in [5, 5.41) is 7.51. The molecule has 1 rings (SSSR count). The van der Waals surface area contributed by atoms with Gasteiger partial charge in [-0.2, -0.15) is 5.10 Å². The van der Waals surface area contributed by atoms with Crippen molar-refractivity contribution in [2.75, 3.05) is 6.54 Å². The largest absolute Gasteiger partial charge is 0.370 e.